The zero-order valence-corrected chi connectivity index (χ0v) is 9.75. The average molecular weight is 235 g/mol. The predicted molar refractivity (Wildman–Crippen MR) is 63.6 cm³/mol. The summed E-state index contributed by atoms with van der Waals surface area (Å²) in [6.07, 6.45) is -0.188. The zero-order valence-electron chi connectivity index (χ0n) is 9.75. The van der Waals surface area contributed by atoms with Crippen LogP contribution in [-0.2, 0) is 14.3 Å². The Labute approximate surface area is 101 Å². The first kappa shape index (κ1) is 12.1. The predicted octanol–water partition coefficient (Wildman–Crippen LogP) is 1.23. The lowest BCUT2D eigenvalue weighted by Crippen LogP contribution is -2.39. The van der Waals surface area contributed by atoms with E-state index in [0.717, 1.165) is 38.4 Å². The summed E-state index contributed by atoms with van der Waals surface area (Å²) in [6, 6.07) is 9.82. The van der Waals surface area contributed by atoms with Crippen LogP contribution in [0.2, 0.25) is 0 Å². The van der Waals surface area contributed by atoms with Crippen LogP contribution in [0.4, 0.5) is 0 Å². The smallest absolute Gasteiger partial charge is 0.293 e. The minimum Gasteiger partial charge on any atom is -0.458 e. The first-order valence-electron chi connectivity index (χ1n) is 5.84. The van der Waals surface area contributed by atoms with Crippen LogP contribution in [0, 0.1) is 0 Å². The van der Waals surface area contributed by atoms with Gasteiger partial charge in [0.2, 0.25) is 0 Å². The van der Waals surface area contributed by atoms with Gasteiger partial charge in [0.15, 0.2) is 0 Å². The molecular formula is C13H17NO3. The quantitative estimate of drug-likeness (QED) is 0.720. The number of hydrogen-bond acceptors (Lipinski definition) is 4. The first-order valence-corrected chi connectivity index (χ1v) is 5.84. The number of ether oxygens (including phenoxy) is 2. The Morgan fingerprint density at radius 3 is 2.65 bits per heavy atom. The van der Waals surface area contributed by atoms with Gasteiger partial charge >= 0.3 is 0 Å². The van der Waals surface area contributed by atoms with Crippen LogP contribution in [0.25, 0.3) is 0 Å². The van der Waals surface area contributed by atoms with Crippen molar-refractivity contribution < 1.29 is 14.3 Å². The van der Waals surface area contributed by atoms with Crippen LogP contribution in [0.5, 0.6) is 0 Å². The normalized spacial score (nSPS) is 18.6. The van der Waals surface area contributed by atoms with E-state index in [1.54, 1.807) is 0 Å². The summed E-state index contributed by atoms with van der Waals surface area (Å²) in [4.78, 5) is 12.8. The Bertz CT molecular complexity index is 336. The Balaban J connectivity index is 1.99. The first-order chi connectivity index (χ1) is 8.40. The Morgan fingerprint density at radius 2 is 2.00 bits per heavy atom. The minimum atomic E-state index is -0.188. The fraction of sp³-hybridized carbons (Fsp3) is 0.462. The largest absolute Gasteiger partial charge is 0.458 e. The highest BCUT2D eigenvalue weighted by molar-refractivity contribution is 5.38. The number of rotatable bonds is 5. The van der Waals surface area contributed by atoms with E-state index in [4.69, 9.17) is 9.47 Å². The lowest BCUT2D eigenvalue weighted by molar-refractivity contribution is -0.135. The molecule has 0 amide bonds. The maximum absolute atomic E-state index is 10.6. The molecule has 0 N–H and O–H groups in total. The van der Waals surface area contributed by atoms with Gasteiger partial charge in [-0.15, -0.1) is 0 Å². The number of carbonyl (C=O) groups excluding carboxylic acids is 1. The van der Waals surface area contributed by atoms with Crippen molar-refractivity contribution in [2.45, 2.75) is 6.10 Å². The zero-order chi connectivity index (χ0) is 11.9. The highest BCUT2D eigenvalue weighted by Gasteiger charge is 2.18. The summed E-state index contributed by atoms with van der Waals surface area (Å²) in [6.45, 7) is 4.55. The van der Waals surface area contributed by atoms with E-state index in [1.807, 2.05) is 30.3 Å². The van der Waals surface area contributed by atoms with Gasteiger partial charge in [-0.1, -0.05) is 30.3 Å². The molecule has 0 radical (unpaired) electrons. The van der Waals surface area contributed by atoms with Crippen LogP contribution < -0.4 is 0 Å². The molecule has 92 valence electrons. The van der Waals surface area contributed by atoms with Crippen LogP contribution in [0.15, 0.2) is 30.3 Å². The van der Waals surface area contributed by atoms with Crippen molar-refractivity contribution in [1.29, 1.82) is 0 Å². The molecule has 4 nitrogen and oxygen atoms in total. The second-order valence-electron chi connectivity index (χ2n) is 4.04. The molecule has 1 aliphatic rings. The molecule has 1 aromatic rings. The maximum Gasteiger partial charge on any atom is 0.293 e. The molecule has 4 heteroatoms. The molecule has 17 heavy (non-hydrogen) atoms. The van der Waals surface area contributed by atoms with Gasteiger partial charge in [-0.2, -0.15) is 0 Å². The van der Waals surface area contributed by atoms with Gasteiger partial charge in [-0.3, -0.25) is 9.69 Å². The van der Waals surface area contributed by atoms with E-state index in [0.29, 0.717) is 6.47 Å². The van der Waals surface area contributed by atoms with Gasteiger partial charge in [-0.05, 0) is 5.56 Å². The number of carbonyl (C=O) groups is 1. The molecule has 1 unspecified atom stereocenters. The van der Waals surface area contributed by atoms with E-state index in [-0.39, 0.29) is 6.10 Å². The van der Waals surface area contributed by atoms with Crippen molar-refractivity contribution in [3.63, 3.8) is 0 Å². The average Bonchev–Trinajstić information content (AvgIpc) is 2.40. The molecule has 0 aliphatic carbocycles. The Kier molecular flexibility index (Phi) is 4.53. The summed E-state index contributed by atoms with van der Waals surface area (Å²) < 4.78 is 10.5. The summed E-state index contributed by atoms with van der Waals surface area (Å²) >= 11 is 0. The summed E-state index contributed by atoms with van der Waals surface area (Å²) in [5.74, 6) is 0. The SMILES string of the molecule is O=COC(CN1CCOCC1)c1ccccc1. The fourth-order valence-corrected chi connectivity index (χ4v) is 1.98. The van der Waals surface area contributed by atoms with Crippen LogP contribution in [-0.4, -0.2) is 44.2 Å². The topological polar surface area (TPSA) is 38.8 Å². The third-order valence-electron chi connectivity index (χ3n) is 2.92. The molecule has 0 spiro atoms. The van der Waals surface area contributed by atoms with Crippen molar-refractivity contribution in [1.82, 2.24) is 4.90 Å². The molecule has 1 aromatic carbocycles. The third kappa shape index (κ3) is 3.54. The molecule has 0 bridgehead atoms. The van der Waals surface area contributed by atoms with Crippen LogP contribution >= 0.6 is 0 Å². The summed E-state index contributed by atoms with van der Waals surface area (Å²) in [7, 11) is 0. The van der Waals surface area contributed by atoms with Crippen LogP contribution in [0.1, 0.15) is 11.7 Å². The Hall–Kier alpha value is -1.39. The lowest BCUT2D eigenvalue weighted by atomic mass is 10.1. The Morgan fingerprint density at radius 1 is 1.29 bits per heavy atom. The molecule has 1 aliphatic heterocycles. The number of hydrogen-bond donors (Lipinski definition) is 0. The maximum atomic E-state index is 10.6. The van der Waals surface area contributed by atoms with Gasteiger partial charge in [0.25, 0.3) is 6.47 Å². The minimum absolute atomic E-state index is 0.188. The van der Waals surface area contributed by atoms with Gasteiger partial charge in [-0.25, -0.2) is 0 Å². The monoisotopic (exact) mass is 235 g/mol. The second kappa shape index (κ2) is 6.37. The number of morpholine rings is 1. The van der Waals surface area contributed by atoms with Crippen molar-refractivity contribution in [2.24, 2.45) is 0 Å². The van der Waals surface area contributed by atoms with Gasteiger partial charge in [0, 0.05) is 19.6 Å². The molecule has 0 aromatic heterocycles. The van der Waals surface area contributed by atoms with E-state index in [1.165, 1.54) is 0 Å². The second-order valence-corrected chi connectivity index (χ2v) is 4.04. The number of nitrogens with zero attached hydrogens (tertiary/aromatic N) is 1. The molecular weight excluding hydrogens is 218 g/mol. The highest BCUT2D eigenvalue weighted by atomic mass is 16.5. The lowest BCUT2D eigenvalue weighted by Gasteiger charge is -2.29. The molecule has 1 fully saturated rings. The molecule has 1 atom stereocenters. The van der Waals surface area contributed by atoms with Crippen molar-refractivity contribution >= 4 is 6.47 Å². The van der Waals surface area contributed by atoms with Crippen molar-refractivity contribution in [2.75, 3.05) is 32.8 Å². The van der Waals surface area contributed by atoms with Crippen molar-refractivity contribution in [3.05, 3.63) is 35.9 Å². The standard InChI is InChI=1S/C13H17NO3/c15-11-17-13(12-4-2-1-3-5-12)10-14-6-8-16-9-7-14/h1-5,11,13H,6-10H2. The summed E-state index contributed by atoms with van der Waals surface area (Å²) in [5.41, 5.74) is 1.03. The molecule has 1 heterocycles. The third-order valence-corrected chi connectivity index (χ3v) is 2.92. The van der Waals surface area contributed by atoms with Gasteiger partial charge in [0.1, 0.15) is 6.10 Å². The van der Waals surface area contributed by atoms with Crippen molar-refractivity contribution in [3.8, 4) is 0 Å². The summed E-state index contributed by atoms with van der Waals surface area (Å²) in [5, 5.41) is 0. The van der Waals surface area contributed by atoms with Crippen LogP contribution in [0.3, 0.4) is 0 Å². The van der Waals surface area contributed by atoms with E-state index >= 15 is 0 Å². The van der Waals surface area contributed by atoms with E-state index in [2.05, 4.69) is 4.90 Å². The fourth-order valence-electron chi connectivity index (χ4n) is 1.98. The number of benzene rings is 1. The van der Waals surface area contributed by atoms with E-state index < -0.39 is 0 Å². The molecule has 2 rings (SSSR count). The van der Waals surface area contributed by atoms with Gasteiger partial charge in [0.05, 0.1) is 13.2 Å². The van der Waals surface area contributed by atoms with Gasteiger partial charge < -0.3 is 9.47 Å². The highest BCUT2D eigenvalue weighted by Crippen LogP contribution is 2.18. The molecule has 1 saturated heterocycles. The van der Waals surface area contributed by atoms with E-state index in [9.17, 15) is 4.79 Å². The molecule has 0 saturated carbocycles.